The molecule has 0 atom stereocenters. The molecule has 0 saturated heterocycles. The van der Waals surface area contributed by atoms with Crippen LogP contribution in [0.15, 0.2) is 24.3 Å². The highest BCUT2D eigenvalue weighted by Crippen LogP contribution is 2.34. The average Bonchev–Trinajstić information content (AvgIpc) is 2.83. The van der Waals surface area contributed by atoms with Gasteiger partial charge in [-0.05, 0) is 18.1 Å². The Hall–Kier alpha value is -1.39. The van der Waals surface area contributed by atoms with Crippen molar-refractivity contribution in [2.45, 2.75) is 26.3 Å². The Bertz CT molecular complexity index is 534. The van der Waals surface area contributed by atoms with Crippen molar-refractivity contribution in [2.24, 2.45) is 5.73 Å². The molecule has 0 spiro atoms. The van der Waals surface area contributed by atoms with E-state index < -0.39 is 0 Å². The third-order valence-corrected chi connectivity index (χ3v) is 4.12. The molecule has 2 N–H and O–H groups in total. The Morgan fingerprint density at radius 3 is 2.78 bits per heavy atom. The molecule has 2 rings (SSSR count). The van der Waals surface area contributed by atoms with E-state index in [0.29, 0.717) is 12.5 Å². The Labute approximate surface area is 112 Å². The van der Waals surface area contributed by atoms with Crippen LogP contribution in [0.2, 0.25) is 0 Å². The Kier molecular flexibility index (Phi) is 3.99. The van der Waals surface area contributed by atoms with Crippen molar-refractivity contribution in [3.05, 3.63) is 34.2 Å². The van der Waals surface area contributed by atoms with Crippen LogP contribution >= 0.6 is 11.3 Å². The summed E-state index contributed by atoms with van der Waals surface area (Å²) >= 11 is 1.70. The predicted octanol–water partition coefficient (Wildman–Crippen LogP) is 3.40. The van der Waals surface area contributed by atoms with E-state index in [1.165, 1.54) is 4.88 Å². The fourth-order valence-electron chi connectivity index (χ4n) is 1.83. The van der Waals surface area contributed by atoms with Crippen LogP contribution in [0.5, 0.6) is 5.75 Å². The van der Waals surface area contributed by atoms with Crippen molar-refractivity contribution in [3.63, 3.8) is 0 Å². The van der Waals surface area contributed by atoms with Crippen LogP contribution in [0.1, 0.15) is 29.7 Å². The maximum absolute atomic E-state index is 5.69. The second-order valence-electron chi connectivity index (χ2n) is 4.41. The van der Waals surface area contributed by atoms with Crippen molar-refractivity contribution < 1.29 is 4.74 Å². The van der Waals surface area contributed by atoms with Crippen LogP contribution in [-0.2, 0) is 6.54 Å². The first-order chi connectivity index (χ1) is 8.65. The van der Waals surface area contributed by atoms with E-state index in [9.17, 15) is 0 Å². The number of nitrogens with two attached hydrogens (primary N) is 1. The number of ether oxygens (including phenoxy) is 1. The minimum absolute atomic E-state index is 0.448. The zero-order chi connectivity index (χ0) is 13.1. The fraction of sp³-hybridized carbons (Fsp3) is 0.357. The van der Waals surface area contributed by atoms with Gasteiger partial charge < -0.3 is 10.5 Å². The fourth-order valence-corrected chi connectivity index (χ4v) is 2.80. The van der Waals surface area contributed by atoms with Crippen LogP contribution in [0, 0.1) is 0 Å². The number of thiazole rings is 1. The van der Waals surface area contributed by atoms with Crippen molar-refractivity contribution >= 4 is 11.3 Å². The van der Waals surface area contributed by atoms with Gasteiger partial charge in [-0.3, -0.25) is 0 Å². The summed E-state index contributed by atoms with van der Waals surface area (Å²) in [4.78, 5) is 5.91. The molecule has 0 amide bonds. The summed E-state index contributed by atoms with van der Waals surface area (Å²) in [5.41, 5.74) is 7.82. The van der Waals surface area contributed by atoms with E-state index in [4.69, 9.17) is 10.5 Å². The molecular formula is C14H18N2OS. The highest BCUT2D eigenvalue weighted by atomic mass is 32.1. The summed E-state index contributed by atoms with van der Waals surface area (Å²) in [6, 6.07) is 8.00. The molecule has 0 saturated carbocycles. The lowest BCUT2D eigenvalue weighted by Crippen LogP contribution is -1.94. The van der Waals surface area contributed by atoms with E-state index in [2.05, 4.69) is 24.9 Å². The highest BCUT2D eigenvalue weighted by Gasteiger charge is 2.15. The summed E-state index contributed by atoms with van der Waals surface area (Å²) in [5, 5.41) is 0.983. The number of hydrogen-bond acceptors (Lipinski definition) is 4. The van der Waals surface area contributed by atoms with Gasteiger partial charge in [0, 0.05) is 17.0 Å². The third kappa shape index (κ3) is 2.54. The van der Waals surface area contributed by atoms with Gasteiger partial charge in [0.25, 0.3) is 0 Å². The van der Waals surface area contributed by atoms with Crippen molar-refractivity contribution in [3.8, 4) is 17.0 Å². The molecule has 1 aromatic heterocycles. The van der Waals surface area contributed by atoms with Gasteiger partial charge in [-0.2, -0.15) is 0 Å². The number of benzene rings is 1. The molecule has 0 aliphatic rings. The van der Waals surface area contributed by atoms with Gasteiger partial charge in [0.1, 0.15) is 10.8 Å². The zero-order valence-corrected chi connectivity index (χ0v) is 11.8. The van der Waals surface area contributed by atoms with Crippen LogP contribution in [0.4, 0.5) is 0 Å². The number of hydrogen-bond donors (Lipinski definition) is 1. The number of rotatable bonds is 4. The Morgan fingerprint density at radius 2 is 2.17 bits per heavy atom. The third-order valence-electron chi connectivity index (χ3n) is 2.74. The number of nitrogens with zero attached hydrogens (tertiary/aromatic N) is 1. The van der Waals surface area contributed by atoms with Gasteiger partial charge in [-0.15, -0.1) is 11.3 Å². The largest absolute Gasteiger partial charge is 0.497 e. The van der Waals surface area contributed by atoms with Gasteiger partial charge in [0.05, 0.1) is 12.8 Å². The molecule has 0 bridgehead atoms. The molecule has 1 heterocycles. The van der Waals surface area contributed by atoms with Crippen LogP contribution in [0.3, 0.4) is 0 Å². The van der Waals surface area contributed by atoms with Gasteiger partial charge in [-0.1, -0.05) is 26.0 Å². The van der Waals surface area contributed by atoms with Crippen LogP contribution in [0.25, 0.3) is 11.3 Å². The molecule has 0 radical (unpaired) electrons. The van der Waals surface area contributed by atoms with Crippen LogP contribution < -0.4 is 10.5 Å². The van der Waals surface area contributed by atoms with Crippen molar-refractivity contribution in [1.29, 1.82) is 0 Å². The molecule has 0 fully saturated rings. The molecular weight excluding hydrogens is 244 g/mol. The summed E-state index contributed by atoms with van der Waals surface area (Å²) < 4.78 is 5.26. The zero-order valence-electron chi connectivity index (χ0n) is 10.9. The second-order valence-corrected chi connectivity index (χ2v) is 5.53. The molecule has 0 aliphatic carbocycles. The van der Waals surface area contributed by atoms with E-state index in [1.807, 2.05) is 18.2 Å². The van der Waals surface area contributed by atoms with Gasteiger partial charge in [0.2, 0.25) is 0 Å². The second kappa shape index (κ2) is 5.50. The minimum Gasteiger partial charge on any atom is -0.497 e. The highest BCUT2D eigenvalue weighted by molar-refractivity contribution is 7.12. The summed E-state index contributed by atoms with van der Waals surface area (Å²) in [6.07, 6.45) is 0. The maximum Gasteiger partial charge on any atom is 0.119 e. The maximum atomic E-state index is 5.69. The van der Waals surface area contributed by atoms with E-state index >= 15 is 0 Å². The van der Waals surface area contributed by atoms with E-state index in [0.717, 1.165) is 22.0 Å². The topological polar surface area (TPSA) is 48.1 Å². The lowest BCUT2D eigenvalue weighted by atomic mass is 10.1. The Morgan fingerprint density at radius 1 is 1.39 bits per heavy atom. The summed E-state index contributed by atoms with van der Waals surface area (Å²) in [5.74, 6) is 1.30. The van der Waals surface area contributed by atoms with E-state index in [-0.39, 0.29) is 0 Å². The molecule has 2 aromatic rings. The molecule has 18 heavy (non-hydrogen) atoms. The molecule has 1 aromatic carbocycles. The summed E-state index contributed by atoms with van der Waals surface area (Å²) in [7, 11) is 1.68. The first-order valence-electron chi connectivity index (χ1n) is 5.99. The average molecular weight is 262 g/mol. The monoisotopic (exact) mass is 262 g/mol. The van der Waals surface area contributed by atoms with Crippen LogP contribution in [-0.4, -0.2) is 12.1 Å². The Balaban J connectivity index is 2.51. The normalized spacial score (nSPS) is 10.9. The van der Waals surface area contributed by atoms with Gasteiger partial charge in [-0.25, -0.2) is 4.98 Å². The van der Waals surface area contributed by atoms with Crippen molar-refractivity contribution in [2.75, 3.05) is 7.11 Å². The van der Waals surface area contributed by atoms with Gasteiger partial charge in [0.15, 0.2) is 0 Å². The SMILES string of the molecule is COc1cccc(-c2nc(CN)sc2C(C)C)c1. The van der Waals surface area contributed by atoms with E-state index in [1.54, 1.807) is 18.4 Å². The number of aromatic nitrogens is 1. The van der Waals surface area contributed by atoms with Crippen molar-refractivity contribution in [1.82, 2.24) is 4.98 Å². The quantitative estimate of drug-likeness (QED) is 0.918. The lowest BCUT2D eigenvalue weighted by molar-refractivity contribution is 0.415. The smallest absolute Gasteiger partial charge is 0.119 e. The lowest BCUT2D eigenvalue weighted by Gasteiger charge is -2.06. The molecule has 0 aliphatic heterocycles. The first-order valence-corrected chi connectivity index (χ1v) is 6.81. The minimum atomic E-state index is 0.448. The van der Waals surface area contributed by atoms with Gasteiger partial charge >= 0.3 is 0 Å². The first kappa shape index (κ1) is 13.1. The molecule has 3 nitrogen and oxygen atoms in total. The number of methoxy groups -OCH3 is 1. The predicted molar refractivity (Wildman–Crippen MR) is 76.1 cm³/mol. The standard InChI is InChI=1S/C14H18N2OS/c1-9(2)14-13(16-12(8-15)18-14)10-5-4-6-11(7-10)17-3/h4-7,9H,8,15H2,1-3H3. The summed E-state index contributed by atoms with van der Waals surface area (Å²) in [6.45, 7) is 4.85. The molecule has 4 heteroatoms. The molecule has 96 valence electrons. The molecule has 0 unspecified atom stereocenters.